The van der Waals surface area contributed by atoms with Crippen molar-refractivity contribution in [1.82, 2.24) is 19.6 Å². The number of pyridine rings is 2. The molecule has 5 heteroatoms. The second-order valence-electron chi connectivity index (χ2n) is 3.57. The lowest BCUT2D eigenvalue weighted by Crippen LogP contribution is -1.92. The summed E-state index contributed by atoms with van der Waals surface area (Å²) < 4.78 is 1.78. The number of hydrogen-bond acceptors (Lipinski definition) is 4. The molecule has 0 amide bonds. The minimum Gasteiger partial charge on any atom is -0.298 e. The first-order chi connectivity index (χ1) is 8.38. The number of rotatable bonds is 2. The maximum atomic E-state index is 10.8. The van der Waals surface area contributed by atoms with E-state index in [-0.39, 0.29) is 0 Å². The molecule has 0 radical (unpaired) electrons. The molecule has 82 valence electrons. The third-order valence-electron chi connectivity index (χ3n) is 2.48. The van der Waals surface area contributed by atoms with Gasteiger partial charge in [0.15, 0.2) is 17.8 Å². The molecule has 17 heavy (non-hydrogen) atoms. The van der Waals surface area contributed by atoms with Crippen LogP contribution in [0.4, 0.5) is 0 Å². The van der Waals surface area contributed by atoms with Crippen molar-refractivity contribution >= 4 is 11.9 Å². The summed E-state index contributed by atoms with van der Waals surface area (Å²) in [4.78, 5) is 14.8. The van der Waals surface area contributed by atoms with Gasteiger partial charge in [-0.05, 0) is 24.3 Å². The number of hydrogen-bond donors (Lipinski definition) is 0. The van der Waals surface area contributed by atoms with Gasteiger partial charge in [0.1, 0.15) is 0 Å². The molecule has 0 saturated carbocycles. The second-order valence-corrected chi connectivity index (χ2v) is 3.57. The molecule has 0 aliphatic rings. The molecule has 0 saturated heterocycles. The Labute approximate surface area is 96.8 Å². The molecule has 3 aromatic rings. The maximum Gasteiger partial charge on any atom is 0.169 e. The van der Waals surface area contributed by atoms with Crippen LogP contribution >= 0.6 is 0 Å². The predicted molar refractivity (Wildman–Crippen MR) is 61.6 cm³/mol. The van der Waals surface area contributed by atoms with Crippen LogP contribution in [0.1, 0.15) is 10.4 Å². The molecule has 0 aliphatic carbocycles. The highest BCUT2D eigenvalue weighted by Gasteiger charge is 2.07. The first-order valence-electron chi connectivity index (χ1n) is 5.09. The molecule has 3 heterocycles. The Bertz CT molecular complexity index is 675. The molecule has 3 rings (SSSR count). The SMILES string of the molecule is O=Cc1ccc2nnc(-c3cccnc3)n2c1. The Morgan fingerprint density at radius 3 is 2.88 bits per heavy atom. The van der Waals surface area contributed by atoms with Crippen molar-refractivity contribution in [3.05, 3.63) is 48.4 Å². The van der Waals surface area contributed by atoms with Gasteiger partial charge in [-0.1, -0.05) is 0 Å². The number of carbonyl (C=O) groups is 1. The summed E-state index contributed by atoms with van der Waals surface area (Å²) in [6, 6.07) is 7.21. The average Bonchev–Trinajstić information content (AvgIpc) is 2.82. The molecule has 0 aromatic carbocycles. The van der Waals surface area contributed by atoms with E-state index in [0.29, 0.717) is 17.0 Å². The van der Waals surface area contributed by atoms with Crippen molar-refractivity contribution in [1.29, 1.82) is 0 Å². The van der Waals surface area contributed by atoms with Gasteiger partial charge in [-0.3, -0.25) is 14.2 Å². The van der Waals surface area contributed by atoms with Crippen molar-refractivity contribution < 1.29 is 4.79 Å². The molecule has 0 unspecified atom stereocenters. The van der Waals surface area contributed by atoms with Crippen LogP contribution < -0.4 is 0 Å². The average molecular weight is 224 g/mol. The highest BCUT2D eigenvalue weighted by atomic mass is 16.1. The fraction of sp³-hybridized carbons (Fsp3) is 0. The third-order valence-corrected chi connectivity index (χ3v) is 2.48. The van der Waals surface area contributed by atoms with Crippen LogP contribution in [0.2, 0.25) is 0 Å². The Hall–Kier alpha value is -2.56. The van der Waals surface area contributed by atoms with Gasteiger partial charge in [-0.25, -0.2) is 0 Å². The van der Waals surface area contributed by atoms with Crippen LogP contribution in [0.5, 0.6) is 0 Å². The zero-order valence-corrected chi connectivity index (χ0v) is 8.82. The predicted octanol–water partition coefficient (Wildman–Crippen LogP) is 1.60. The van der Waals surface area contributed by atoms with Gasteiger partial charge in [-0.15, -0.1) is 10.2 Å². The standard InChI is InChI=1S/C12H8N4O/c17-8-9-3-4-11-14-15-12(16(11)7-9)10-2-1-5-13-6-10/h1-8H. The summed E-state index contributed by atoms with van der Waals surface area (Å²) >= 11 is 0. The van der Waals surface area contributed by atoms with Crippen LogP contribution in [0.3, 0.4) is 0 Å². The minimum atomic E-state index is 0.586. The van der Waals surface area contributed by atoms with Gasteiger partial charge in [0.05, 0.1) is 0 Å². The molecule has 0 fully saturated rings. The van der Waals surface area contributed by atoms with E-state index in [0.717, 1.165) is 11.8 Å². The Kier molecular flexibility index (Phi) is 2.15. The van der Waals surface area contributed by atoms with Gasteiger partial charge in [0, 0.05) is 29.7 Å². The molecule has 0 atom stereocenters. The summed E-state index contributed by atoms with van der Waals surface area (Å²) in [6.45, 7) is 0. The van der Waals surface area contributed by atoms with E-state index >= 15 is 0 Å². The molecule has 0 N–H and O–H groups in total. The Morgan fingerprint density at radius 1 is 1.18 bits per heavy atom. The fourth-order valence-electron chi connectivity index (χ4n) is 1.67. The van der Waals surface area contributed by atoms with Crippen molar-refractivity contribution in [3.63, 3.8) is 0 Å². The number of carbonyl (C=O) groups excluding carboxylic acids is 1. The van der Waals surface area contributed by atoms with Crippen molar-refractivity contribution in [2.24, 2.45) is 0 Å². The normalized spacial score (nSPS) is 10.6. The van der Waals surface area contributed by atoms with Gasteiger partial charge >= 0.3 is 0 Å². The smallest absolute Gasteiger partial charge is 0.169 e. The van der Waals surface area contributed by atoms with E-state index in [1.807, 2.05) is 12.1 Å². The molecule has 0 aliphatic heterocycles. The van der Waals surface area contributed by atoms with Gasteiger partial charge in [0.25, 0.3) is 0 Å². The molecular weight excluding hydrogens is 216 g/mol. The number of aromatic nitrogens is 4. The van der Waals surface area contributed by atoms with E-state index < -0.39 is 0 Å². The summed E-state index contributed by atoms with van der Waals surface area (Å²) in [7, 11) is 0. The lowest BCUT2D eigenvalue weighted by Gasteiger charge is -1.99. The summed E-state index contributed by atoms with van der Waals surface area (Å²) in [5.41, 5.74) is 2.15. The van der Waals surface area contributed by atoms with Crippen molar-refractivity contribution in [3.8, 4) is 11.4 Å². The quantitative estimate of drug-likeness (QED) is 0.620. The van der Waals surface area contributed by atoms with E-state index in [1.54, 1.807) is 35.1 Å². The zero-order chi connectivity index (χ0) is 11.7. The van der Waals surface area contributed by atoms with Crippen LogP contribution in [-0.2, 0) is 0 Å². The summed E-state index contributed by atoms with van der Waals surface area (Å²) in [6.07, 6.45) is 5.92. The second kappa shape index (κ2) is 3.79. The first kappa shape index (κ1) is 9.65. The molecular formula is C12H8N4O. The van der Waals surface area contributed by atoms with Crippen LogP contribution in [0.25, 0.3) is 17.0 Å². The van der Waals surface area contributed by atoms with Crippen molar-refractivity contribution in [2.45, 2.75) is 0 Å². The number of fused-ring (bicyclic) bond motifs is 1. The van der Waals surface area contributed by atoms with Crippen LogP contribution in [0.15, 0.2) is 42.9 Å². The topological polar surface area (TPSA) is 60.2 Å². The third kappa shape index (κ3) is 1.57. The lowest BCUT2D eigenvalue weighted by molar-refractivity contribution is 0.112. The summed E-state index contributed by atoms with van der Waals surface area (Å²) in [5, 5.41) is 8.14. The minimum absolute atomic E-state index is 0.586. The molecule has 3 aromatic heterocycles. The monoisotopic (exact) mass is 224 g/mol. The molecule has 0 spiro atoms. The summed E-state index contributed by atoms with van der Waals surface area (Å²) in [5.74, 6) is 0.678. The Morgan fingerprint density at radius 2 is 2.12 bits per heavy atom. The van der Waals surface area contributed by atoms with Crippen LogP contribution in [-0.4, -0.2) is 25.9 Å². The van der Waals surface area contributed by atoms with Gasteiger partial charge in [0.2, 0.25) is 0 Å². The van der Waals surface area contributed by atoms with Gasteiger partial charge in [-0.2, -0.15) is 0 Å². The van der Waals surface area contributed by atoms with Gasteiger partial charge < -0.3 is 0 Å². The fourth-order valence-corrected chi connectivity index (χ4v) is 1.67. The van der Waals surface area contributed by atoms with E-state index in [9.17, 15) is 4.79 Å². The van der Waals surface area contributed by atoms with Crippen LogP contribution in [0, 0.1) is 0 Å². The van der Waals surface area contributed by atoms with Crippen molar-refractivity contribution in [2.75, 3.05) is 0 Å². The Balaban J connectivity index is 2.27. The van der Waals surface area contributed by atoms with E-state index in [1.165, 1.54) is 0 Å². The number of nitrogens with zero attached hydrogens (tertiary/aromatic N) is 4. The number of aldehydes is 1. The maximum absolute atomic E-state index is 10.8. The van der Waals surface area contributed by atoms with E-state index in [4.69, 9.17) is 0 Å². The highest BCUT2D eigenvalue weighted by Crippen LogP contribution is 2.17. The molecule has 0 bridgehead atoms. The largest absolute Gasteiger partial charge is 0.298 e. The zero-order valence-electron chi connectivity index (χ0n) is 8.82. The highest BCUT2D eigenvalue weighted by molar-refractivity contribution is 5.75. The van der Waals surface area contributed by atoms with E-state index in [2.05, 4.69) is 15.2 Å². The molecule has 5 nitrogen and oxygen atoms in total. The first-order valence-corrected chi connectivity index (χ1v) is 5.09. The lowest BCUT2D eigenvalue weighted by atomic mass is 10.2.